The van der Waals surface area contributed by atoms with Crippen molar-refractivity contribution in [2.75, 3.05) is 5.32 Å². The van der Waals surface area contributed by atoms with Crippen LogP contribution in [-0.2, 0) is 0 Å². The molecule has 0 fully saturated rings. The first-order chi connectivity index (χ1) is 9.04. The topological polar surface area (TPSA) is 21.3 Å². The molecule has 2 rings (SSSR count). The lowest BCUT2D eigenvalue weighted by Crippen LogP contribution is -2.01. The van der Waals surface area contributed by atoms with Gasteiger partial charge in [0.15, 0.2) is 0 Å². The second-order valence-electron chi connectivity index (χ2n) is 4.01. The van der Waals surface area contributed by atoms with E-state index in [1.807, 2.05) is 6.92 Å². The van der Waals surface area contributed by atoms with Gasteiger partial charge in [0.1, 0.15) is 11.6 Å². The minimum Gasteiger partial charge on any atom is -0.435 e. The van der Waals surface area contributed by atoms with Gasteiger partial charge in [-0.25, -0.2) is 4.39 Å². The van der Waals surface area contributed by atoms with Crippen LogP contribution in [0.5, 0.6) is 5.75 Å². The number of hydrogen-bond acceptors (Lipinski definition) is 2. The van der Waals surface area contributed by atoms with Gasteiger partial charge >= 0.3 is 6.61 Å². The molecule has 0 heterocycles. The van der Waals surface area contributed by atoms with Crippen LogP contribution in [-0.4, -0.2) is 6.61 Å². The maximum Gasteiger partial charge on any atom is 0.387 e. The van der Waals surface area contributed by atoms with E-state index in [1.165, 1.54) is 18.2 Å². The van der Waals surface area contributed by atoms with E-state index in [0.717, 1.165) is 5.56 Å². The third-order valence-electron chi connectivity index (χ3n) is 2.48. The van der Waals surface area contributed by atoms with Gasteiger partial charge in [0, 0.05) is 5.69 Å². The Kier molecular flexibility index (Phi) is 3.94. The van der Waals surface area contributed by atoms with Crippen molar-refractivity contribution in [3.05, 3.63) is 53.8 Å². The summed E-state index contributed by atoms with van der Waals surface area (Å²) in [4.78, 5) is 0. The average molecular weight is 267 g/mol. The van der Waals surface area contributed by atoms with Crippen molar-refractivity contribution in [2.24, 2.45) is 0 Å². The lowest BCUT2D eigenvalue weighted by molar-refractivity contribution is -0.0498. The van der Waals surface area contributed by atoms with Crippen LogP contribution < -0.4 is 10.1 Å². The zero-order chi connectivity index (χ0) is 13.8. The summed E-state index contributed by atoms with van der Waals surface area (Å²) in [7, 11) is 0. The highest BCUT2D eigenvalue weighted by molar-refractivity contribution is 5.61. The van der Waals surface area contributed by atoms with Gasteiger partial charge in [-0.3, -0.25) is 0 Å². The summed E-state index contributed by atoms with van der Waals surface area (Å²) in [6.07, 6.45) is 0. The molecule has 0 radical (unpaired) electrons. The number of rotatable bonds is 4. The zero-order valence-electron chi connectivity index (χ0n) is 10.2. The third-order valence-corrected chi connectivity index (χ3v) is 2.48. The Labute approximate surface area is 108 Å². The molecule has 0 amide bonds. The monoisotopic (exact) mass is 267 g/mol. The van der Waals surface area contributed by atoms with E-state index in [4.69, 9.17) is 0 Å². The predicted octanol–water partition coefficient (Wildman–Crippen LogP) is 4.48. The molecular weight excluding hydrogens is 255 g/mol. The van der Waals surface area contributed by atoms with Crippen molar-refractivity contribution in [2.45, 2.75) is 13.5 Å². The molecule has 100 valence electrons. The number of halogens is 3. The van der Waals surface area contributed by atoms with E-state index < -0.39 is 6.61 Å². The lowest BCUT2D eigenvalue weighted by atomic mass is 10.2. The number of alkyl halides is 2. The van der Waals surface area contributed by atoms with Crippen molar-refractivity contribution in [1.29, 1.82) is 0 Å². The summed E-state index contributed by atoms with van der Waals surface area (Å²) in [6.45, 7) is -1.00. The maximum atomic E-state index is 13.5. The highest BCUT2D eigenvalue weighted by Gasteiger charge is 2.05. The fourth-order valence-corrected chi connectivity index (χ4v) is 1.61. The number of ether oxygens (including phenoxy) is 1. The fourth-order valence-electron chi connectivity index (χ4n) is 1.61. The summed E-state index contributed by atoms with van der Waals surface area (Å²) in [5.74, 6) is -0.316. The highest BCUT2D eigenvalue weighted by atomic mass is 19.3. The van der Waals surface area contributed by atoms with Crippen LogP contribution in [0.3, 0.4) is 0 Å². The van der Waals surface area contributed by atoms with Crippen LogP contribution in [0, 0.1) is 12.7 Å². The van der Waals surface area contributed by atoms with Gasteiger partial charge in [0.25, 0.3) is 0 Å². The first-order valence-electron chi connectivity index (χ1n) is 5.62. The molecular formula is C14H12F3NO. The van der Waals surface area contributed by atoms with Gasteiger partial charge in [-0.1, -0.05) is 6.07 Å². The van der Waals surface area contributed by atoms with Crippen LogP contribution in [0.25, 0.3) is 0 Å². The Morgan fingerprint density at radius 2 is 1.74 bits per heavy atom. The second-order valence-corrected chi connectivity index (χ2v) is 4.01. The standard InChI is InChI=1S/C14H12F3NO/c1-9-2-7-12(15)13(8-9)18-10-3-5-11(6-4-10)19-14(16)17/h2-8,14,18H,1H3. The van der Waals surface area contributed by atoms with Crippen LogP contribution in [0.4, 0.5) is 24.5 Å². The predicted molar refractivity (Wildman–Crippen MR) is 67.5 cm³/mol. The van der Waals surface area contributed by atoms with E-state index in [1.54, 1.807) is 24.3 Å². The molecule has 0 aromatic heterocycles. The summed E-state index contributed by atoms with van der Waals surface area (Å²) in [6, 6.07) is 10.6. The van der Waals surface area contributed by atoms with Crippen LogP contribution >= 0.6 is 0 Å². The highest BCUT2D eigenvalue weighted by Crippen LogP contribution is 2.23. The maximum absolute atomic E-state index is 13.5. The SMILES string of the molecule is Cc1ccc(F)c(Nc2ccc(OC(F)F)cc2)c1. The molecule has 2 nitrogen and oxygen atoms in total. The molecule has 1 N–H and O–H groups in total. The molecule has 0 bridgehead atoms. The Bertz CT molecular complexity index is 555. The van der Waals surface area contributed by atoms with Crippen molar-refractivity contribution >= 4 is 11.4 Å². The summed E-state index contributed by atoms with van der Waals surface area (Å²) < 4.78 is 41.7. The molecule has 0 aliphatic rings. The van der Waals surface area contributed by atoms with Gasteiger partial charge in [0.2, 0.25) is 0 Å². The first kappa shape index (κ1) is 13.3. The van der Waals surface area contributed by atoms with E-state index in [-0.39, 0.29) is 11.6 Å². The number of anilines is 2. The Morgan fingerprint density at radius 1 is 1.05 bits per heavy atom. The summed E-state index contributed by atoms with van der Waals surface area (Å²) in [5.41, 5.74) is 1.84. The molecule has 0 unspecified atom stereocenters. The average Bonchev–Trinajstić information content (AvgIpc) is 2.35. The molecule has 0 saturated carbocycles. The van der Waals surface area contributed by atoms with E-state index in [0.29, 0.717) is 11.4 Å². The molecule has 2 aromatic rings. The third kappa shape index (κ3) is 3.64. The van der Waals surface area contributed by atoms with Crippen molar-refractivity contribution in [3.63, 3.8) is 0 Å². The summed E-state index contributed by atoms with van der Waals surface area (Å²) in [5, 5.41) is 2.88. The Balaban J connectivity index is 2.13. The fraction of sp³-hybridized carbons (Fsp3) is 0.143. The minimum atomic E-state index is -2.85. The largest absolute Gasteiger partial charge is 0.435 e. The van der Waals surface area contributed by atoms with Gasteiger partial charge in [-0.05, 0) is 48.9 Å². The molecule has 0 aliphatic carbocycles. The van der Waals surface area contributed by atoms with Gasteiger partial charge in [-0.2, -0.15) is 8.78 Å². The number of nitrogens with one attached hydrogen (secondary N) is 1. The van der Waals surface area contributed by atoms with E-state index in [2.05, 4.69) is 10.1 Å². The number of benzene rings is 2. The zero-order valence-corrected chi connectivity index (χ0v) is 10.2. The van der Waals surface area contributed by atoms with Crippen LogP contribution in [0.2, 0.25) is 0 Å². The molecule has 5 heteroatoms. The summed E-state index contributed by atoms with van der Waals surface area (Å²) >= 11 is 0. The quantitative estimate of drug-likeness (QED) is 0.881. The minimum absolute atomic E-state index is 0.0604. The van der Waals surface area contributed by atoms with Gasteiger partial charge in [-0.15, -0.1) is 0 Å². The molecule has 19 heavy (non-hydrogen) atoms. The molecule has 0 saturated heterocycles. The van der Waals surface area contributed by atoms with Gasteiger partial charge < -0.3 is 10.1 Å². The van der Waals surface area contributed by atoms with E-state index >= 15 is 0 Å². The smallest absolute Gasteiger partial charge is 0.387 e. The molecule has 0 aliphatic heterocycles. The van der Waals surface area contributed by atoms with Crippen LogP contribution in [0.1, 0.15) is 5.56 Å². The van der Waals surface area contributed by atoms with Crippen molar-refractivity contribution < 1.29 is 17.9 Å². The lowest BCUT2D eigenvalue weighted by Gasteiger charge is -2.09. The molecule has 0 spiro atoms. The normalized spacial score (nSPS) is 10.6. The molecule has 0 atom stereocenters. The first-order valence-corrected chi connectivity index (χ1v) is 5.62. The Hall–Kier alpha value is -2.17. The Morgan fingerprint density at radius 3 is 2.37 bits per heavy atom. The van der Waals surface area contributed by atoms with Gasteiger partial charge in [0.05, 0.1) is 5.69 Å². The second kappa shape index (κ2) is 5.65. The van der Waals surface area contributed by atoms with Crippen molar-refractivity contribution in [1.82, 2.24) is 0 Å². The molecule has 2 aromatic carbocycles. The van der Waals surface area contributed by atoms with Crippen molar-refractivity contribution in [3.8, 4) is 5.75 Å². The van der Waals surface area contributed by atoms with E-state index in [9.17, 15) is 13.2 Å². The number of hydrogen-bond donors (Lipinski definition) is 1. The number of aryl methyl sites for hydroxylation is 1. The van der Waals surface area contributed by atoms with Crippen LogP contribution in [0.15, 0.2) is 42.5 Å².